The molecule has 1 amide bonds. The molecule has 9 nitrogen and oxygen atoms in total. The average Bonchev–Trinajstić information content (AvgIpc) is 2.87. The number of carbonyl (C=O) groups excluding carboxylic acids is 1. The maximum atomic E-state index is 12.0. The second kappa shape index (κ2) is 6.56. The van der Waals surface area contributed by atoms with Crippen molar-refractivity contribution in [2.24, 2.45) is 7.05 Å². The molecule has 2 aromatic heterocycles. The Morgan fingerprint density at radius 1 is 1.40 bits per heavy atom. The number of rotatable bonds is 5. The molecule has 0 atom stereocenters. The van der Waals surface area contributed by atoms with Crippen molar-refractivity contribution < 1.29 is 14.5 Å². The summed E-state index contributed by atoms with van der Waals surface area (Å²) in [5.41, 5.74) is 1.83. The van der Waals surface area contributed by atoms with Gasteiger partial charge in [-0.3, -0.25) is 19.6 Å². The minimum atomic E-state index is -0.559. The van der Waals surface area contributed by atoms with Crippen LogP contribution in [0.15, 0.2) is 36.5 Å². The van der Waals surface area contributed by atoms with Gasteiger partial charge in [-0.15, -0.1) is 0 Å². The van der Waals surface area contributed by atoms with E-state index in [9.17, 15) is 14.9 Å². The fourth-order valence-corrected chi connectivity index (χ4v) is 2.45. The van der Waals surface area contributed by atoms with Gasteiger partial charge < -0.3 is 10.1 Å². The lowest BCUT2D eigenvalue weighted by atomic mass is 10.2. The predicted molar refractivity (Wildman–Crippen MR) is 90.5 cm³/mol. The highest BCUT2D eigenvalue weighted by molar-refractivity contribution is 5.94. The second-order valence-corrected chi connectivity index (χ2v) is 5.37. The van der Waals surface area contributed by atoms with Crippen molar-refractivity contribution in [1.82, 2.24) is 14.8 Å². The van der Waals surface area contributed by atoms with Crippen molar-refractivity contribution in [3.05, 3.63) is 52.3 Å². The number of aromatic nitrogens is 3. The lowest BCUT2D eigenvalue weighted by Crippen LogP contribution is -2.20. The van der Waals surface area contributed by atoms with Gasteiger partial charge in [-0.2, -0.15) is 5.10 Å². The summed E-state index contributed by atoms with van der Waals surface area (Å²) in [4.78, 5) is 26.7. The van der Waals surface area contributed by atoms with Gasteiger partial charge >= 0.3 is 5.69 Å². The minimum absolute atomic E-state index is 0.0410. The zero-order valence-corrected chi connectivity index (χ0v) is 13.6. The number of nitrogens with zero attached hydrogens (tertiary/aromatic N) is 4. The standard InChI is InChI=1S/C16H15N5O4/c1-10-12-7-11(8-17-16(12)20(2)19-10)18-15(22)9-25-14-6-4-3-5-13(14)21(23)24/h3-8H,9H2,1-2H3,(H,18,22). The fraction of sp³-hybridized carbons (Fsp3) is 0.188. The van der Waals surface area contributed by atoms with Crippen LogP contribution in [0.1, 0.15) is 5.69 Å². The molecule has 1 N–H and O–H groups in total. The first-order chi connectivity index (χ1) is 12.0. The first-order valence-corrected chi connectivity index (χ1v) is 7.41. The normalized spacial score (nSPS) is 10.6. The lowest BCUT2D eigenvalue weighted by Gasteiger charge is -2.08. The maximum absolute atomic E-state index is 12.0. The molecule has 9 heteroatoms. The van der Waals surface area contributed by atoms with Crippen molar-refractivity contribution in [1.29, 1.82) is 0 Å². The van der Waals surface area contributed by atoms with E-state index in [0.29, 0.717) is 11.3 Å². The molecule has 128 valence electrons. The van der Waals surface area contributed by atoms with E-state index >= 15 is 0 Å². The highest BCUT2D eigenvalue weighted by atomic mass is 16.6. The molecule has 0 saturated carbocycles. The minimum Gasteiger partial charge on any atom is -0.477 e. The van der Waals surface area contributed by atoms with Gasteiger partial charge in [0.05, 0.1) is 22.5 Å². The number of anilines is 1. The number of fused-ring (bicyclic) bond motifs is 1. The Morgan fingerprint density at radius 2 is 2.16 bits per heavy atom. The summed E-state index contributed by atoms with van der Waals surface area (Å²) in [6.45, 7) is 1.50. The maximum Gasteiger partial charge on any atom is 0.310 e. The first kappa shape index (κ1) is 16.4. The smallest absolute Gasteiger partial charge is 0.310 e. The van der Waals surface area contributed by atoms with Crippen molar-refractivity contribution in [2.45, 2.75) is 6.92 Å². The number of para-hydroxylation sites is 2. The van der Waals surface area contributed by atoms with Crippen LogP contribution < -0.4 is 10.1 Å². The van der Waals surface area contributed by atoms with Crippen LogP contribution in [0.4, 0.5) is 11.4 Å². The zero-order chi connectivity index (χ0) is 18.0. The fourth-order valence-electron chi connectivity index (χ4n) is 2.45. The Hall–Kier alpha value is -3.49. The number of pyridine rings is 1. The quantitative estimate of drug-likeness (QED) is 0.562. The molecule has 1 aromatic carbocycles. The van der Waals surface area contributed by atoms with Crippen LogP contribution in [0.2, 0.25) is 0 Å². The summed E-state index contributed by atoms with van der Waals surface area (Å²) in [5, 5.41) is 18.7. The van der Waals surface area contributed by atoms with E-state index in [1.807, 2.05) is 6.92 Å². The molecule has 0 spiro atoms. The summed E-state index contributed by atoms with van der Waals surface area (Å²) in [6, 6.07) is 7.66. The molecule has 3 rings (SSSR count). The Balaban J connectivity index is 1.69. The molecule has 0 aliphatic heterocycles. The van der Waals surface area contributed by atoms with E-state index in [1.165, 1.54) is 24.4 Å². The van der Waals surface area contributed by atoms with Crippen LogP contribution in [-0.2, 0) is 11.8 Å². The summed E-state index contributed by atoms with van der Waals surface area (Å²) >= 11 is 0. The van der Waals surface area contributed by atoms with Crippen LogP contribution in [0.25, 0.3) is 11.0 Å². The number of nitrogens with one attached hydrogen (secondary N) is 1. The van der Waals surface area contributed by atoms with Crippen molar-refractivity contribution in [2.75, 3.05) is 11.9 Å². The van der Waals surface area contributed by atoms with Crippen LogP contribution in [0.3, 0.4) is 0 Å². The summed E-state index contributed by atoms with van der Waals surface area (Å²) in [6.07, 6.45) is 1.52. The largest absolute Gasteiger partial charge is 0.477 e. The molecule has 0 bridgehead atoms. The van der Waals surface area contributed by atoms with Crippen molar-refractivity contribution in [3.8, 4) is 5.75 Å². The van der Waals surface area contributed by atoms with Gasteiger partial charge in [0.2, 0.25) is 0 Å². The number of aryl methyl sites for hydroxylation is 2. The van der Waals surface area contributed by atoms with E-state index in [-0.39, 0.29) is 18.0 Å². The van der Waals surface area contributed by atoms with Gasteiger partial charge in [0.25, 0.3) is 5.91 Å². The number of nitro benzene ring substituents is 1. The highest BCUT2D eigenvalue weighted by Crippen LogP contribution is 2.25. The van der Waals surface area contributed by atoms with Crippen LogP contribution >= 0.6 is 0 Å². The van der Waals surface area contributed by atoms with E-state index in [1.54, 1.807) is 23.9 Å². The van der Waals surface area contributed by atoms with Crippen molar-refractivity contribution >= 4 is 28.3 Å². The molecule has 2 heterocycles. The number of nitro groups is 1. The molecule has 0 radical (unpaired) electrons. The third kappa shape index (κ3) is 3.39. The van der Waals surface area contributed by atoms with Crippen LogP contribution in [0, 0.1) is 17.0 Å². The summed E-state index contributed by atoms with van der Waals surface area (Å²) in [5.74, 6) is -0.403. The highest BCUT2D eigenvalue weighted by Gasteiger charge is 2.15. The number of amides is 1. The molecule has 0 fully saturated rings. The van der Waals surface area contributed by atoms with E-state index in [4.69, 9.17) is 4.74 Å². The molecule has 25 heavy (non-hydrogen) atoms. The number of ether oxygens (including phenoxy) is 1. The SMILES string of the molecule is Cc1nn(C)c2ncc(NC(=O)COc3ccccc3[N+](=O)[O-])cc12. The zero-order valence-electron chi connectivity index (χ0n) is 13.6. The Morgan fingerprint density at radius 3 is 2.92 bits per heavy atom. The van der Waals surface area contributed by atoms with E-state index in [0.717, 1.165) is 11.1 Å². The molecular formula is C16H15N5O4. The lowest BCUT2D eigenvalue weighted by molar-refractivity contribution is -0.385. The molecule has 0 saturated heterocycles. The second-order valence-electron chi connectivity index (χ2n) is 5.37. The van der Waals surface area contributed by atoms with Crippen LogP contribution in [-0.4, -0.2) is 32.2 Å². The Labute approximate surface area is 142 Å². The van der Waals surface area contributed by atoms with Crippen molar-refractivity contribution in [3.63, 3.8) is 0 Å². The number of benzene rings is 1. The number of carbonyl (C=O) groups is 1. The Bertz CT molecular complexity index is 966. The van der Waals surface area contributed by atoms with Gasteiger partial charge in [0.15, 0.2) is 18.0 Å². The molecule has 0 unspecified atom stereocenters. The summed E-state index contributed by atoms with van der Waals surface area (Å²) in [7, 11) is 1.79. The van der Waals surface area contributed by atoms with Gasteiger partial charge in [0, 0.05) is 18.5 Å². The van der Waals surface area contributed by atoms with Gasteiger partial charge in [-0.05, 0) is 19.1 Å². The molecular weight excluding hydrogens is 326 g/mol. The molecule has 0 aliphatic carbocycles. The van der Waals surface area contributed by atoms with Gasteiger partial charge in [-0.1, -0.05) is 12.1 Å². The van der Waals surface area contributed by atoms with Crippen LogP contribution in [0.5, 0.6) is 5.75 Å². The van der Waals surface area contributed by atoms with Gasteiger partial charge in [0.1, 0.15) is 0 Å². The third-order valence-electron chi connectivity index (χ3n) is 3.57. The van der Waals surface area contributed by atoms with Gasteiger partial charge in [-0.25, -0.2) is 4.98 Å². The first-order valence-electron chi connectivity index (χ1n) is 7.41. The Kier molecular flexibility index (Phi) is 4.29. The summed E-state index contributed by atoms with van der Waals surface area (Å²) < 4.78 is 6.92. The third-order valence-corrected chi connectivity index (χ3v) is 3.57. The predicted octanol–water partition coefficient (Wildman–Crippen LogP) is 2.20. The number of hydrogen-bond acceptors (Lipinski definition) is 6. The topological polar surface area (TPSA) is 112 Å². The number of hydrogen-bond donors (Lipinski definition) is 1. The van der Waals surface area contributed by atoms with E-state index < -0.39 is 10.8 Å². The molecule has 0 aliphatic rings. The molecule has 3 aromatic rings. The average molecular weight is 341 g/mol. The van der Waals surface area contributed by atoms with E-state index in [2.05, 4.69) is 15.4 Å². The monoisotopic (exact) mass is 341 g/mol.